The van der Waals surface area contributed by atoms with Gasteiger partial charge in [-0.05, 0) is 36.8 Å². The Hall–Kier alpha value is -2.73. The summed E-state index contributed by atoms with van der Waals surface area (Å²) in [5, 5.41) is 3.32. The molecule has 0 saturated carbocycles. The van der Waals surface area contributed by atoms with Crippen molar-refractivity contribution in [1.82, 2.24) is 5.32 Å². The van der Waals surface area contributed by atoms with E-state index < -0.39 is 0 Å². The summed E-state index contributed by atoms with van der Waals surface area (Å²) < 4.78 is 11.5. The first-order chi connectivity index (χ1) is 13.1. The highest BCUT2D eigenvalue weighted by Crippen LogP contribution is 2.31. The van der Waals surface area contributed by atoms with Crippen molar-refractivity contribution in [3.05, 3.63) is 53.1 Å². The van der Waals surface area contributed by atoms with Gasteiger partial charge < -0.3 is 19.7 Å². The molecule has 1 saturated heterocycles. The molecule has 27 heavy (non-hydrogen) atoms. The summed E-state index contributed by atoms with van der Waals surface area (Å²) >= 11 is 6.23. The van der Waals surface area contributed by atoms with Gasteiger partial charge in [0.05, 0.1) is 17.3 Å². The molecular weight excluding hydrogens is 368 g/mol. The van der Waals surface area contributed by atoms with E-state index in [2.05, 4.69) is 5.32 Å². The third kappa shape index (κ3) is 3.71. The van der Waals surface area contributed by atoms with Crippen LogP contribution in [-0.2, 0) is 4.79 Å². The summed E-state index contributed by atoms with van der Waals surface area (Å²) in [4.78, 5) is 26.1. The fourth-order valence-electron chi connectivity index (χ4n) is 3.24. The normalized spacial score (nSPS) is 18.5. The van der Waals surface area contributed by atoms with E-state index in [1.54, 1.807) is 23.1 Å². The van der Waals surface area contributed by atoms with Crippen molar-refractivity contribution in [2.24, 2.45) is 0 Å². The Morgan fingerprint density at radius 1 is 1.22 bits per heavy atom. The molecule has 7 heteroatoms. The number of rotatable bonds is 4. The van der Waals surface area contributed by atoms with Crippen LogP contribution in [0.25, 0.3) is 0 Å². The van der Waals surface area contributed by atoms with Crippen molar-refractivity contribution in [3.8, 4) is 11.5 Å². The average molecular weight is 387 g/mol. The van der Waals surface area contributed by atoms with Crippen LogP contribution >= 0.6 is 11.6 Å². The monoisotopic (exact) mass is 386 g/mol. The Bertz CT molecular complexity index is 886. The zero-order valence-corrected chi connectivity index (χ0v) is 15.4. The maximum absolute atomic E-state index is 12.5. The Morgan fingerprint density at radius 2 is 2.04 bits per heavy atom. The van der Waals surface area contributed by atoms with Gasteiger partial charge in [-0.1, -0.05) is 23.7 Å². The van der Waals surface area contributed by atoms with E-state index in [9.17, 15) is 9.59 Å². The molecule has 6 nitrogen and oxygen atoms in total. The predicted molar refractivity (Wildman–Crippen MR) is 102 cm³/mol. The summed E-state index contributed by atoms with van der Waals surface area (Å²) in [7, 11) is 0. The number of carbonyl (C=O) groups excluding carboxylic acids is 2. The van der Waals surface area contributed by atoms with Crippen molar-refractivity contribution in [1.29, 1.82) is 0 Å². The van der Waals surface area contributed by atoms with Gasteiger partial charge in [0.2, 0.25) is 5.91 Å². The highest BCUT2D eigenvalue weighted by molar-refractivity contribution is 6.34. The Labute approximate surface area is 162 Å². The summed E-state index contributed by atoms with van der Waals surface area (Å²) in [5.74, 6) is 1.16. The molecule has 0 unspecified atom stereocenters. The van der Waals surface area contributed by atoms with E-state index in [-0.39, 0.29) is 17.9 Å². The maximum Gasteiger partial charge on any atom is 0.251 e. The number of halogens is 1. The van der Waals surface area contributed by atoms with Crippen LogP contribution in [0.5, 0.6) is 11.5 Å². The molecule has 2 aliphatic heterocycles. The highest BCUT2D eigenvalue weighted by Gasteiger charge is 2.25. The van der Waals surface area contributed by atoms with Gasteiger partial charge in [-0.3, -0.25) is 9.59 Å². The minimum absolute atomic E-state index is 0.0286. The number of hydrogen-bond donors (Lipinski definition) is 1. The summed E-state index contributed by atoms with van der Waals surface area (Å²) in [6.07, 6.45) is 1.04. The lowest BCUT2D eigenvalue weighted by Gasteiger charge is -2.26. The number of anilines is 1. The average Bonchev–Trinajstić information content (AvgIpc) is 3.12. The van der Waals surface area contributed by atoms with E-state index in [1.165, 1.54) is 0 Å². The third-order valence-electron chi connectivity index (χ3n) is 4.63. The molecule has 0 bridgehead atoms. The standard InChI is InChI=1S/C20H19ClN2O4/c21-15-8-7-13(10-16(15)23-9-3-6-19(23)24)20(25)22-11-14-12-26-17-4-1-2-5-18(17)27-14/h1-2,4-5,7-8,10,14H,3,6,9,11-12H2,(H,22,25)/t14-/m0/s1. The molecule has 1 atom stereocenters. The number of para-hydroxylation sites is 2. The van der Waals surface area contributed by atoms with Crippen molar-refractivity contribution >= 4 is 29.1 Å². The number of benzene rings is 2. The predicted octanol–water partition coefficient (Wildman–Crippen LogP) is 3.04. The van der Waals surface area contributed by atoms with E-state index in [0.29, 0.717) is 53.9 Å². The van der Waals surface area contributed by atoms with Crippen molar-refractivity contribution in [3.63, 3.8) is 0 Å². The van der Waals surface area contributed by atoms with Gasteiger partial charge in [-0.15, -0.1) is 0 Å². The lowest BCUT2D eigenvalue weighted by Crippen LogP contribution is -2.40. The smallest absolute Gasteiger partial charge is 0.251 e. The number of nitrogens with one attached hydrogen (secondary N) is 1. The summed E-state index contributed by atoms with van der Waals surface area (Å²) in [6, 6.07) is 12.4. The second-order valence-electron chi connectivity index (χ2n) is 6.52. The first-order valence-electron chi connectivity index (χ1n) is 8.88. The number of nitrogens with zero attached hydrogens (tertiary/aromatic N) is 1. The number of carbonyl (C=O) groups is 2. The number of ether oxygens (including phenoxy) is 2. The lowest BCUT2D eigenvalue weighted by molar-refractivity contribution is -0.117. The molecule has 2 aliphatic rings. The highest BCUT2D eigenvalue weighted by atomic mass is 35.5. The Balaban J connectivity index is 1.41. The second kappa shape index (κ2) is 7.48. The molecule has 140 valence electrons. The van der Waals surface area contributed by atoms with Crippen LogP contribution in [0, 0.1) is 0 Å². The van der Waals surface area contributed by atoms with Crippen LogP contribution in [0.15, 0.2) is 42.5 Å². The zero-order chi connectivity index (χ0) is 18.8. The topological polar surface area (TPSA) is 67.9 Å². The van der Waals surface area contributed by atoms with Gasteiger partial charge in [-0.25, -0.2) is 0 Å². The quantitative estimate of drug-likeness (QED) is 0.877. The molecule has 0 aromatic heterocycles. The van der Waals surface area contributed by atoms with Gasteiger partial charge in [-0.2, -0.15) is 0 Å². The number of amides is 2. The second-order valence-corrected chi connectivity index (χ2v) is 6.93. The molecule has 1 N–H and O–H groups in total. The van der Waals surface area contributed by atoms with E-state index >= 15 is 0 Å². The van der Waals surface area contributed by atoms with Crippen molar-refractivity contribution < 1.29 is 19.1 Å². The molecule has 0 radical (unpaired) electrons. The van der Waals surface area contributed by atoms with Gasteiger partial charge in [0, 0.05) is 18.5 Å². The van der Waals surface area contributed by atoms with Crippen LogP contribution in [-0.4, -0.2) is 37.6 Å². The van der Waals surface area contributed by atoms with Crippen LogP contribution < -0.4 is 19.7 Å². The van der Waals surface area contributed by atoms with Gasteiger partial charge in [0.15, 0.2) is 11.5 Å². The van der Waals surface area contributed by atoms with Gasteiger partial charge in [0.1, 0.15) is 12.7 Å². The lowest BCUT2D eigenvalue weighted by atomic mass is 10.1. The fraction of sp³-hybridized carbons (Fsp3) is 0.300. The van der Waals surface area contributed by atoms with Crippen molar-refractivity contribution in [2.45, 2.75) is 18.9 Å². The minimum Gasteiger partial charge on any atom is -0.486 e. The molecule has 2 aromatic carbocycles. The zero-order valence-electron chi connectivity index (χ0n) is 14.6. The van der Waals surface area contributed by atoms with Crippen LogP contribution in [0.1, 0.15) is 23.2 Å². The van der Waals surface area contributed by atoms with E-state index in [0.717, 1.165) is 6.42 Å². The van der Waals surface area contributed by atoms with E-state index in [1.807, 2.05) is 24.3 Å². The maximum atomic E-state index is 12.5. The first kappa shape index (κ1) is 17.7. The van der Waals surface area contributed by atoms with Gasteiger partial charge in [0.25, 0.3) is 5.91 Å². The summed E-state index contributed by atoms with van der Waals surface area (Å²) in [6.45, 7) is 1.30. The molecule has 0 spiro atoms. The third-order valence-corrected chi connectivity index (χ3v) is 4.95. The Kier molecular flexibility index (Phi) is 4.90. The number of fused-ring (bicyclic) bond motifs is 1. The van der Waals surface area contributed by atoms with Gasteiger partial charge >= 0.3 is 0 Å². The molecule has 4 rings (SSSR count). The van der Waals surface area contributed by atoms with Crippen LogP contribution in [0.2, 0.25) is 5.02 Å². The van der Waals surface area contributed by atoms with Crippen LogP contribution in [0.3, 0.4) is 0 Å². The summed E-state index contributed by atoms with van der Waals surface area (Å²) in [5.41, 5.74) is 1.03. The molecule has 0 aliphatic carbocycles. The fourth-order valence-corrected chi connectivity index (χ4v) is 3.46. The largest absolute Gasteiger partial charge is 0.486 e. The molecule has 2 amide bonds. The molecule has 2 aromatic rings. The first-order valence-corrected chi connectivity index (χ1v) is 9.26. The van der Waals surface area contributed by atoms with E-state index in [4.69, 9.17) is 21.1 Å². The van der Waals surface area contributed by atoms with Crippen molar-refractivity contribution in [2.75, 3.05) is 24.6 Å². The molecule has 2 heterocycles. The molecular formula is C20H19ClN2O4. The number of hydrogen-bond acceptors (Lipinski definition) is 4. The Morgan fingerprint density at radius 3 is 2.81 bits per heavy atom. The van der Waals surface area contributed by atoms with Crippen LogP contribution in [0.4, 0.5) is 5.69 Å². The SMILES string of the molecule is O=C(NC[C@H]1COc2ccccc2O1)c1ccc(Cl)c(N2CCCC2=O)c1. The molecule has 1 fully saturated rings. The minimum atomic E-state index is -0.268.